The lowest BCUT2D eigenvalue weighted by Gasteiger charge is -2.24. The molecule has 184 valence electrons. The van der Waals surface area contributed by atoms with E-state index in [4.69, 9.17) is 9.47 Å². The monoisotopic (exact) mass is 482 g/mol. The van der Waals surface area contributed by atoms with Crippen LogP contribution in [0.15, 0.2) is 101 Å². The molecular weight excluding hydrogens is 452 g/mol. The normalized spacial score (nSPS) is 13.8. The molecule has 6 nitrogen and oxygen atoms in total. The third-order valence-electron chi connectivity index (χ3n) is 5.42. The Balaban J connectivity index is 2.03. The van der Waals surface area contributed by atoms with E-state index in [0.29, 0.717) is 28.7 Å². The maximum absolute atomic E-state index is 12.0. The van der Waals surface area contributed by atoms with E-state index in [2.05, 4.69) is 23.3 Å². The summed E-state index contributed by atoms with van der Waals surface area (Å²) in [4.78, 5) is 27.5. The van der Waals surface area contributed by atoms with Crippen molar-refractivity contribution < 1.29 is 14.3 Å². The Hall–Kier alpha value is -4.32. The van der Waals surface area contributed by atoms with E-state index in [1.54, 1.807) is 24.3 Å². The highest BCUT2D eigenvalue weighted by Crippen LogP contribution is 2.39. The fraction of sp³-hybridized carbons (Fsp3) is 0.200. The van der Waals surface area contributed by atoms with E-state index < -0.39 is 5.91 Å². The van der Waals surface area contributed by atoms with Gasteiger partial charge in [-0.1, -0.05) is 31.4 Å². The summed E-state index contributed by atoms with van der Waals surface area (Å²) >= 11 is 0. The van der Waals surface area contributed by atoms with Gasteiger partial charge in [0.15, 0.2) is 0 Å². The topological polar surface area (TPSA) is 77.3 Å². The SMILES string of the molecule is C=C(/C=C\C(=C/C)C1=CC(=C)c2cc(C)cc(C(C)=Nc3ccccc3C(=O)N=O)c2O1)OC(C)C. The summed E-state index contributed by atoms with van der Waals surface area (Å²) in [6.07, 6.45) is 7.55. The molecule has 0 spiro atoms. The predicted molar refractivity (Wildman–Crippen MR) is 146 cm³/mol. The third kappa shape index (κ3) is 6.02. The molecule has 0 aromatic heterocycles. The van der Waals surface area contributed by atoms with Gasteiger partial charge in [-0.05, 0) is 88.2 Å². The van der Waals surface area contributed by atoms with E-state index in [9.17, 15) is 9.70 Å². The van der Waals surface area contributed by atoms with Crippen LogP contribution in [0.5, 0.6) is 5.75 Å². The second-order valence-corrected chi connectivity index (χ2v) is 8.65. The van der Waals surface area contributed by atoms with Crippen LogP contribution < -0.4 is 4.74 Å². The molecule has 0 aliphatic carbocycles. The Labute approximate surface area is 212 Å². The van der Waals surface area contributed by atoms with Crippen LogP contribution in [0.25, 0.3) is 5.57 Å². The van der Waals surface area contributed by atoms with Gasteiger partial charge in [0, 0.05) is 27.6 Å². The number of fused-ring (bicyclic) bond motifs is 1. The maximum atomic E-state index is 12.0. The van der Waals surface area contributed by atoms with Gasteiger partial charge in [-0.15, -0.1) is 4.91 Å². The molecule has 1 amide bonds. The van der Waals surface area contributed by atoms with E-state index in [1.807, 2.05) is 65.0 Å². The molecule has 6 heteroatoms. The van der Waals surface area contributed by atoms with Gasteiger partial charge in [0.2, 0.25) is 0 Å². The molecule has 0 atom stereocenters. The summed E-state index contributed by atoms with van der Waals surface area (Å²) in [5.41, 5.74) is 5.38. The lowest BCUT2D eigenvalue weighted by atomic mass is 9.94. The van der Waals surface area contributed by atoms with Crippen molar-refractivity contribution in [1.82, 2.24) is 0 Å². The summed E-state index contributed by atoms with van der Waals surface area (Å²) in [7, 11) is 0. The van der Waals surface area contributed by atoms with Crippen molar-refractivity contribution in [3.8, 4) is 5.75 Å². The van der Waals surface area contributed by atoms with Crippen LogP contribution >= 0.6 is 0 Å². The number of hydrogen-bond donors (Lipinski definition) is 0. The number of para-hydroxylation sites is 1. The second kappa shape index (κ2) is 11.4. The zero-order valence-corrected chi connectivity index (χ0v) is 21.3. The predicted octanol–water partition coefficient (Wildman–Crippen LogP) is 7.77. The molecule has 0 saturated heterocycles. The fourth-order valence-electron chi connectivity index (χ4n) is 3.80. The first kappa shape index (κ1) is 26.3. The molecule has 3 rings (SSSR count). The lowest BCUT2D eigenvalue weighted by Crippen LogP contribution is -2.11. The number of hydrogen-bond acceptors (Lipinski definition) is 5. The number of benzene rings is 2. The number of aliphatic imine (C=N–C) groups is 1. The molecule has 2 aromatic carbocycles. The number of ether oxygens (including phenoxy) is 2. The van der Waals surface area contributed by atoms with Crippen LogP contribution in [0.3, 0.4) is 0 Å². The minimum Gasteiger partial charge on any atom is -0.492 e. The van der Waals surface area contributed by atoms with Crippen LogP contribution in [0.1, 0.15) is 54.7 Å². The van der Waals surface area contributed by atoms with Gasteiger partial charge in [-0.3, -0.25) is 9.79 Å². The van der Waals surface area contributed by atoms with E-state index in [1.165, 1.54) is 6.07 Å². The molecule has 0 N–H and O–H groups in total. The van der Waals surface area contributed by atoms with Crippen molar-refractivity contribution in [2.75, 3.05) is 0 Å². The first-order valence-corrected chi connectivity index (χ1v) is 11.6. The van der Waals surface area contributed by atoms with E-state index in [0.717, 1.165) is 27.8 Å². The Morgan fingerprint density at radius 3 is 2.53 bits per heavy atom. The van der Waals surface area contributed by atoms with Crippen LogP contribution in [-0.2, 0) is 4.74 Å². The highest BCUT2D eigenvalue weighted by Gasteiger charge is 2.23. The van der Waals surface area contributed by atoms with Crippen LogP contribution in [0, 0.1) is 11.8 Å². The number of carbonyl (C=O) groups excluding carboxylic acids is 1. The van der Waals surface area contributed by atoms with E-state index in [-0.39, 0.29) is 11.7 Å². The number of allylic oxidation sites excluding steroid dienone is 5. The largest absolute Gasteiger partial charge is 0.492 e. The third-order valence-corrected chi connectivity index (χ3v) is 5.42. The highest BCUT2D eigenvalue weighted by atomic mass is 16.5. The zero-order valence-electron chi connectivity index (χ0n) is 21.3. The minimum absolute atomic E-state index is 0.0313. The van der Waals surface area contributed by atoms with Gasteiger partial charge in [0.1, 0.15) is 17.3 Å². The van der Waals surface area contributed by atoms with E-state index >= 15 is 0 Å². The molecule has 1 aliphatic heterocycles. The van der Waals surface area contributed by atoms with Gasteiger partial charge < -0.3 is 9.47 Å². The average molecular weight is 483 g/mol. The minimum atomic E-state index is -0.865. The van der Waals surface area contributed by atoms with Crippen molar-refractivity contribution in [2.45, 2.75) is 40.7 Å². The Kier molecular flexibility index (Phi) is 8.33. The number of nitroso groups, excluding NO2 is 1. The highest BCUT2D eigenvalue weighted by molar-refractivity contribution is 6.07. The molecule has 0 radical (unpaired) electrons. The van der Waals surface area contributed by atoms with Crippen molar-refractivity contribution in [3.05, 3.63) is 118 Å². The summed E-state index contributed by atoms with van der Waals surface area (Å²) < 4.78 is 12.0. The van der Waals surface area contributed by atoms with Gasteiger partial charge >= 0.3 is 5.91 Å². The standard InChI is InChI=1S/C30H30N2O4/c1-8-23(14-13-21(6)35-18(2)3)28-17-20(5)25-15-19(4)16-26(29(25)36-28)22(7)31-27-12-10-9-11-24(27)30(33)32-34/h8-18H,5-6H2,1-4,7H3/b14-13-,23-8+,31-22?. The first-order chi connectivity index (χ1) is 17.1. The van der Waals surface area contributed by atoms with Crippen molar-refractivity contribution >= 4 is 22.9 Å². The Bertz CT molecular complexity index is 1360. The number of amides is 1. The Morgan fingerprint density at radius 2 is 1.86 bits per heavy atom. The molecule has 1 aliphatic rings. The molecule has 36 heavy (non-hydrogen) atoms. The average Bonchev–Trinajstić information content (AvgIpc) is 2.83. The number of nitrogens with zero attached hydrogens (tertiary/aromatic N) is 2. The van der Waals surface area contributed by atoms with Crippen LogP contribution in [-0.4, -0.2) is 17.7 Å². The quantitative estimate of drug-likeness (QED) is 0.167. The lowest BCUT2D eigenvalue weighted by molar-refractivity contribution is 0.100. The van der Waals surface area contributed by atoms with Gasteiger partial charge in [0.05, 0.1) is 17.4 Å². The van der Waals surface area contributed by atoms with Crippen LogP contribution in [0.2, 0.25) is 0 Å². The van der Waals surface area contributed by atoms with Crippen molar-refractivity contribution in [3.63, 3.8) is 0 Å². The van der Waals surface area contributed by atoms with Crippen LogP contribution in [0.4, 0.5) is 5.69 Å². The first-order valence-electron chi connectivity index (χ1n) is 11.6. The van der Waals surface area contributed by atoms with Gasteiger partial charge in [0.25, 0.3) is 0 Å². The van der Waals surface area contributed by atoms with Gasteiger partial charge in [-0.2, -0.15) is 0 Å². The smallest absolute Gasteiger partial charge is 0.318 e. The number of aryl methyl sites for hydroxylation is 1. The summed E-state index contributed by atoms with van der Waals surface area (Å²) in [6, 6.07) is 10.6. The second-order valence-electron chi connectivity index (χ2n) is 8.65. The fourth-order valence-corrected chi connectivity index (χ4v) is 3.80. The summed E-state index contributed by atoms with van der Waals surface area (Å²) in [5, 5.41) is 2.55. The van der Waals surface area contributed by atoms with Crippen molar-refractivity contribution in [1.29, 1.82) is 0 Å². The number of rotatable bonds is 8. The molecular formula is C30H30N2O4. The summed E-state index contributed by atoms with van der Waals surface area (Å²) in [6.45, 7) is 17.8. The molecule has 0 saturated carbocycles. The Morgan fingerprint density at radius 1 is 1.14 bits per heavy atom. The molecule has 1 heterocycles. The summed E-state index contributed by atoms with van der Waals surface area (Å²) in [5.74, 6) is 0.932. The number of carbonyl (C=O) groups is 1. The maximum Gasteiger partial charge on any atom is 0.318 e. The molecule has 0 bridgehead atoms. The van der Waals surface area contributed by atoms with Gasteiger partial charge in [-0.25, -0.2) is 0 Å². The van der Waals surface area contributed by atoms with Crippen molar-refractivity contribution in [2.24, 2.45) is 10.2 Å². The molecule has 0 unspecified atom stereocenters. The molecule has 0 fully saturated rings. The molecule has 2 aromatic rings. The zero-order chi connectivity index (χ0) is 26.4.